The summed E-state index contributed by atoms with van der Waals surface area (Å²) in [6.07, 6.45) is 2.59. The van der Waals surface area contributed by atoms with E-state index in [-0.39, 0.29) is 17.9 Å². The molecule has 1 amide bonds. The Morgan fingerprint density at radius 3 is 2.48 bits per heavy atom. The molecule has 2 heterocycles. The van der Waals surface area contributed by atoms with Crippen LogP contribution in [0.3, 0.4) is 0 Å². The van der Waals surface area contributed by atoms with Crippen LogP contribution >= 0.6 is 31.9 Å². The third-order valence-electron chi connectivity index (χ3n) is 3.83. The second-order valence-electron chi connectivity index (χ2n) is 6.84. The number of piperazine rings is 1. The van der Waals surface area contributed by atoms with Gasteiger partial charge < -0.3 is 9.64 Å². The molecule has 2 aliphatic heterocycles. The maximum absolute atomic E-state index is 12.5. The minimum Gasteiger partial charge on any atom is -0.444 e. The van der Waals surface area contributed by atoms with Gasteiger partial charge in [0.25, 0.3) is 0 Å². The first-order valence-electron chi connectivity index (χ1n) is 7.51. The zero-order valence-corrected chi connectivity index (χ0v) is 17.4. The number of nitrogens with zero attached hydrogens (tertiary/aromatic N) is 2. The fraction of sp³-hybridized carbons (Fsp3) is 0.786. The molecule has 0 saturated carbocycles. The summed E-state index contributed by atoms with van der Waals surface area (Å²) in [5, 5.41) is 0. The van der Waals surface area contributed by atoms with Gasteiger partial charge in [-0.3, -0.25) is 0 Å². The molecular weight excluding hydrogens is 452 g/mol. The average molecular weight is 474 g/mol. The van der Waals surface area contributed by atoms with Gasteiger partial charge in [0.05, 0.1) is 15.2 Å². The molecule has 2 aliphatic rings. The molecule has 0 aromatic heterocycles. The maximum Gasteiger partial charge on any atom is 0.410 e. The standard InChI is InChI=1S/C14H22Br2N2O4S/c1-14(2,3)22-13(19)17-8-11(7-12(15)16)18-9-10(17)5-4-6-23(18,20)21/h7,10-11H,4-6,8-9H2,1-3H3. The van der Waals surface area contributed by atoms with Gasteiger partial charge in [-0.05, 0) is 71.5 Å². The molecule has 6 nitrogen and oxygen atoms in total. The smallest absolute Gasteiger partial charge is 0.410 e. The summed E-state index contributed by atoms with van der Waals surface area (Å²) in [6.45, 7) is 6.08. The molecule has 132 valence electrons. The van der Waals surface area contributed by atoms with Crippen LogP contribution in [0.25, 0.3) is 0 Å². The van der Waals surface area contributed by atoms with Crippen LogP contribution in [0.2, 0.25) is 0 Å². The molecular formula is C14H22Br2N2O4S. The molecule has 23 heavy (non-hydrogen) atoms. The van der Waals surface area contributed by atoms with Crippen molar-refractivity contribution in [1.82, 2.24) is 9.21 Å². The molecule has 0 N–H and O–H groups in total. The van der Waals surface area contributed by atoms with E-state index in [0.717, 1.165) is 0 Å². The maximum atomic E-state index is 12.5. The highest BCUT2D eigenvalue weighted by Crippen LogP contribution is 2.30. The Morgan fingerprint density at radius 1 is 1.26 bits per heavy atom. The lowest BCUT2D eigenvalue weighted by molar-refractivity contribution is 0.00110. The normalized spacial score (nSPS) is 30.3. The van der Waals surface area contributed by atoms with E-state index in [2.05, 4.69) is 31.9 Å². The van der Waals surface area contributed by atoms with Crippen molar-refractivity contribution in [3.05, 3.63) is 9.47 Å². The summed E-state index contributed by atoms with van der Waals surface area (Å²) in [5.74, 6) is 0.121. The van der Waals surface area contributed by atoms with Gasteiger partial charge in [-0.1, -0.05) is 0 Å². The zero-order valence-electron chi connectivity index (χ0n) is 13.5. The summed E-state index contributed by atoms with van der Waals surface area (Å²) in [5.41, 5.74) is -0.577. The largest absolute Gasteiger partial charge is 0.444 e. The second-order valence-corrected chi connectivity index (χ2v) is 11.7. The van der Waals surface area contributed by atoms with Crippen molar-refractivity contribution in [1.29, 1.82) is 0 Å². The zero-order chi connectivity index (χ0) is 17.4. The molecule has 2 bridgehead atoms. The SMILES string of the molecule is CC(C)(C)OC(=O)N1CC(C=C(Br)Br)N2CC1CCCS2(=O)=O. The van der Waals surface area contributed by atoms with Gasteiger partial charge in [0.1, 0.15) is 5.60 Å². The number of ether oxygens (including phenoxy) is 1. The lowest BCUT2D eigenvalue weighted by atomic mass is 10.1. The van der Waals surface area contributed by atoms with Crippen molar-refractivity contribution in [2.75, 3.05) is 18.8 Å². The summed E-state index contributed by atoms with van der Waals surface area (Å²) in [4.78, 5) is 14.2. The molecule has 2 saturated heterocycles. The Balaban J connectivity index is 2.30. The Labute approximate surface area is 154 Å². The number of hydrogen-bond donors (Lipinski definition) is 0. The van der Waals surface area contributed by atoms with E-state index in [0.29, 0.717) is 29.3 Å². The number of sulfonamides is 1. The van der Waals surface area contributed by atoms with Crippen molar-refractivity contribution in [2.45, 2.75) is 51.3 Å². The van der Waals surface area contributed by atoms with Gasteiger partial charge in [0, 0.05) is 19.1 Å². The summed E-state index contributed by atoms with van der Waals surface area (Å²) in [7, 11) is -3.30. The minimum atomic E-state index is -3.30. The van der Waals surface area contributed by atoms with E-state index in [1.807, 2.05) is 20.8 Å². The van der Waals surface area contributed by atoms with Crippen LogP contribution in [0.1, 0.15) is 33.6 Å². The Bertz CT molecular complexity index is 596. The molecule has 0 aromatic rings. The van der Waals surface area contributed by atoms with Gasteiger partial charge in [0.15, 0.2) is 0 Å². The van der Waals surface area contributed by atoms with Crippen LogP contribution < -0.4 is 0 Å². The van der Waals surface area contributed by atoms with E-state index in [1.165, 1.54) is 4.31 Å². The van der Waals surface area contributed by atoms with Gasteiger partial charge in [-0.25, -0.2) is 13.2 Å². The summed E-state index contributed by atoms with van der Waals surface area (Å²) >= 11 is 6.57. The third kappa shape index (κ3) is 4.93. The molecule has 0 radical (unpaired) electrons. The van der Waals surface area contributed by atoms with E-state index in [1.54, 1.807) is 11.0 Å². The van der Waals surface area contributed by atoms with E-state index >= 15 is 0 Å². The third-order valence-corrected chi connectivity index (χ3v) is 6.30. The van der Waals surface area contributed by atoms with Crippen LogP contribution in [-0.2, 0) is 14.8 Å². The number of hydrogen-bond acceptors (Lipinski definition) is 4. The number of rotatable bonds is 1. The Morgan fingerprint density at radius 2 is 1.91 bits per heavy atom. The van der Waals surface area contributed by atoms with E-state index in [9.17, 15) is 13.2 Å². The lowest BCUT2D eigenvalue weighted by Gasteiger charge is -2.43. The molecule has 0 aliphatic carbocycles. The summed E-state index contributed by atoms with van der Waals surface area (Å²) in [6, 6.07) is -0.545. The first-order valence-corrected chi connectivity index (χ1v) is 10.7. The van der Waals surface area contributed by atoms with Crippen molar-refractivity contribution >= 4 is 48.0 Å². The Hall–Kier alpha value is -0.120. The van der Waals surface area contributed by atoms with Crippen LogP contribution in [0.15, 0.2) is 9.47 Å². The molecule has 2 rings (SSSR count). The predicted octanol–water partition coefficient (Wildman–Crippen LogP) is 3.03. The molecule has 3 unspecified atom stereocenters. The second kappa shape index (κ2) is 7.01. The van der Waals surface area contributed by atoms with Gasteiger partial charge in [0.2, 0.25) is 10.0 Å². The van der Waals surface area contributed by atoms with Gasteiger partial charge in [-0.15, -0.1) is 0 Å². The first-order chi connectivity index (χ1) is 10.5. The molecule has 0 aromatic carbocycles. The van der Waals surface area contributed by atoms with E-state index < -0.39 is 21.7 Å². The topological polar surface area (TPSA) is 66.9 Å². The highest BCUT2D eigenvalue weighted by Gasteiger charge is 2.43. The van der Waals surface area contributed by atoms with Crippen LogP contribution in [0.5, 0.6) is 0 Å². The van der Waals surface area contributed by atoms with Crippen molar-refractivity contribution in [3.8, 4) is 0 Å². The highest BCUT2D eigenvalue weighted by molar-refractivity contribution is 9.28. The highest BCUT2D eigenvalue weighted by atomic mass is 79.9. The fourth-order valence-corrected chi connectivity index (χ4v) is 5.21. The lowest BCUT2D eigenvalue weighted by Crippen LogP contribution is -2.60. The fourth-order valence-electron chi connectivity index (χ4n) is 2.89. The number of carbonyl (C=O) groups excluding carboxylic acids is 1. The van der Waals surface area contributed by atoms with Crippen molar-refractivity contribution < 1.29 is 17.9 Å². The van der Waals surface area contributed by atoms with Gasteiger partial charge >= 0.3 is 6.09 Å². The quantitative estimate of drug-likeness (QED) is 0.587. The molecule has 3 atom stereocenters. The van der Waals surface area contributed by atoms with Crippen LogP contribution in [0.4, 0.5) is 4.79 Å². The molecule has 9 heteroatoms. The van der Waals surface area contributed by atoms with Crippen molar-refractivity contribution in [3.63, 3.8) is 0 Å². The van der Waals surface area contributed by atoms with Gasteiger partial charge in [-0.2, -0.15) is 4.31 Å². The molecule has 2 fully saturated rings. The van der Waals surface area contributed by atoms with Crippen LogP contribution in [0, 0.1) is 0 Å². The number of carbonyl (C=O) groups is 1. The molecule has 0 spiro atoms. The predicted molar refractivity (Wildman–Crippen MR) is 96.2 cm³/mol. The first kappa shape index (κ1) is 19.2. The van der Waals surface area contributed by atoms with Crippen LogP contribution in [-0.4, -0.2) is 60.2 Å². The van der Waals surface area contributed by atoms with E-state index in [4.69, 9.17) is 4.74 Å². The number of halogens is 2. The number of amides is 1. The Kier molecular flexibility index (Phi) is 5.86. The summed E-state index contributed by atoms with van der Waals surface area (Å²) < 4.78 is 32.5. The minimum absolute atomic E-state index is 0.121. The average Bonchev–Trinajstić information content (AvgIpc) is 2.48. The monoisotopic (exact) mass is 472 g/mol. The number of fused-ring (bicyclic) bond motifs is 2. The van der Waals surface area contributed by atoms with Crippen molar-refractivity contribution in [2.24, 2.45) is 0 Å².